The van der Waals surface area contributed by atoms with E-state index in [0.717, 1.165) is 17.3 Å². The van der Waals surface area contributed by atoms with Crippen LogP contribution in [0, 0.1) is 6.92 Å². The molecule has 8 nitrogen and oxygen atoms in total. The molecule has 0 bridgehead atoms. The van der Waals surface area contributed by atoms with E-state index in [0.29, 0.717) is 11.3 Å². The lowest BCUT2D eigenvalue weighted by atomic mass is 10.2. The molecule has 0 saturated heterocycles. The summed E-state index contributed by atoms with van der Waals surface area (Å²) in [6.45, 7) is 1.81. The van der Waals surface area contributed by atoms with Crippen molar-refractivity contribution < 1.29 is 22.7 Å². The second kappa shape index (κ2) is 7.80. The van der Waals surface area contributed by atoms with Crippen molar-refractivity contribution in [3.63, 3.8) is 0 Å². The summed E-state index contributed by atoms with van der Waals surface area (Å²) in [6.07, 6.45) is 0. The Hall–Kier alpha value is -2.85. The van der Waals surface area contributed by atoms with Crippen molar-refractivity contribution in [3.8, 4) is 11.5 Å². The Kier molecular flexibility index (Phi) is 5.47. The van der Waals surface area contributed by atoms with Crippen LogP contribution in [-0.2, 0) is 14.8 Å². The molecule has 0 radical (unpaired) electrons. The number of aliphatic carboxylic acids is 1. The van der Waals surface area contributed by atoms with E-state index in [1.54, 1.807) is 24.3 Å². The number of carboxylic acids is 1. The normalized spacial score (nSPS) is 11.3. The number of carboxylic acid groups (broad SMARTS) is 1. The Morgan fingerprint density at radius 1 is 1.19 bits per heavy atom. The fourth-order valence-electron chi connectivity index (χ4n) is 2.20. The Labute approximate surface area is 159 Å². The van der Waals surface area contributed by atoms with Crippen molar-refractivity contribution >= 4 is 33.4 Å². The van der Waals surface area contributed by atoms with Crippen molar-refractivity contribution in [2.24, 2.45) is 0 Å². The largest absolute Gasteiger partial charge is 0.481 e. The highest BCUT2D eigenvalue weighted by Crippen LogP contribution is 2.26. The fraction of sp³-hybridized carbons (Fsp3) is 0.118. The maximum Gasteiger partial charge on any atom is 0.314 e. The highest BCUT2D eigenvalue weighted by molar-refractivity contribution is 7.99. The minimum atomic E-state index is -3.80. The Bertz CT molecular complexity index is 1080. The van der Waals surface area contributed by atoms with Crippen molar-refractivity contribution in [2.45, 2.75) is 17.0 Å². The van der Waals surface area contributed by atoms with E-state index in [-0.39, 0.29) is 21.8 Å². The molecule has 1 aromatic heterocycles. The smallest absolute Gasteiger partial charge is 0.314 e. The number of hydrogen-bond donors (Lipinski definition) is 2. The average Bonchev–Trinajstić information content (AvgIpc) is 3.11. The van der Waals surface area contributed by atoms with E-state index in [1.165, 1.54) is 12.1 Å². The Morgan fingerprint density at radius 3 is 2.70 bits per heavy atom. The third kappa shape index (κ3) is 4.66. The summed E-state index contributed by atoms with van der Waals surface area (Å²) >= 11 is 0.887. The first-order valence-corrected chi connectivity index (χ1v) is 10.2. The van der Waals surface area contributed by atoms with E-state index in [2.05, 4.69) is 14.9 Å². The zero-order valence-electron chi connectivity index (χ0n) is 14.1. The molecule has 0 saturated carbocycles. The van der Waals surface area contributed by atoms with Gasteiger partial charge in [0, 0.05) is 5.56 Å². The molecule has 0 amide bonds. The summed E-state index contributed by atoms with van der Waals surface area (Å²) < 4.78 is 33.3. The quantitative estimate of drug-likeness (QED) is 0.575. The summed E-state index contributed by atoms with van der Waals surface area (Å²) in [5.74, 6) is -1.11. The van der Waals surface area contributed by atoms with Crippen LogP contribution >= 0.6 is 11.8 Å². The first-order chi connectivity index (χ1) is 12.8. The maximum atomic E-state index is 12.7. The maximum absolute atomic E-state index is 12.7. The predicted octanol–water partition coefficient (Wildman–Crippen LogP) is 3.02. The van der Waals surface area contributed by atoms with Gasteiger partial charge >= 0.3 is 5.97 Å². The average molecular weight is 405 g/mol. The highest BCUT2D eigenvalue weighted by atomic mass is 32.2. The number of aryl methyl sites for hydroxylation is 1. The van der Waals surface area contributed by atoms with Gasteiger partial charge in [-0.2, -0.15) is 0 Å². The molecule has 10 heteroatoms. The van der Waals surface area contributed by atoms with Crippen LogP contribution in [0.3, 0.4) is 0 Å². The molecule has 0 spiro atoms. The summed E-state index contributed by atoms with van der Waals surface area (Å²) in [5.41, 5.74) is 1.71. The van der Waals surface area contributed by atoms with Gasteiger partial charge in [-0.3, -0.25) is 9.52 Å². The summed E-state index contributed by atoms with van der Waals surface area (Å²) in [5, 5.41) is 16.4. The van der Waals surface area contributed by atoms with Gasteiger partial charge in [-0.05, 0) is 36.8 Å². The lowest BCUT2D eigenvalue weighted by Crippen LogP contribution is -2.13. The van der Waals surface area contributed by atoms with Gasteiger partial charge in [-0.25, -0.2) is 8.42 Å². The third-order valence-corrected chi connectivity index (χ3v) is 5.67. The number of aromatic nitrogens is 2. The Morgan fingerprint density at radius 2 is 1.96 bits per heavy atom. The van der Waals surface area contributed by atoms with Crippen molar-refractivity contribution in [2.75, 3.05) is 10.5 Å². The van der Waals surface area contributed by atoms with Crippen LogP contribution in [-0.4, -0.2) is 35.4 Å². The third-order valence-electron chi connectivity index (χ3n) is 3.51. The molecule has 0 unspecified atom stereocenters. The topological polar surface area (TPSA) is 122 Å². The van der Waals surface area contributed by atoms with Gasteiger partial charge in [-0.15, -0.1) is 10.2 Å². The molecule has 2 N–H and O–H groups in total. The number of hydrogen-bond acceptors (Lipinski definition) is 7. The molecular formula is C17H15N3O5S2. The van der Waals surface area contributed by atoms with Crippen LogP contribution in [0.15, 0.2) is 63.1 Å². The van der Waals surface area contributed by atoms with Crippen LogP contribution in [0.4, 0.5) is 5.69 Å². The molecule has 0 aliphatic carbocycles. The van der Waals surface area contributed by atoms with Gasteiger partial charge in [0.05, 0.1) is 10.6 Å². The molecule has 0 aliphatic heterocycles. The van der Waals surface area contributed by atoms with Gasteiger partial charge in [0.15, 0.2) is 0 Å². The predicted molar refractivity (Wildman–Crippen MR) is 100 cm³/mol. The lowest BCUT2D eigenvalue weighted by molar-refractivity contribution is -0.133. The minimum absolute atomic E-state index is 0.0428. The summed E-state index contributed by atoms with van der Waals surface area (Å²) in [7, 11) is -3.80. The van der Waals surface area contributed by atoms with Crippen LogP contribution in [0.5, 0.6) is 0 Å². The number of nitrogens with zero attached hydrogens (tertiary/aromatic N) is 2. The minimum Gasteiger partial charge on any atom is -0.481 e. The number of carbonyl (C=O) groups is 1. The Balaban J connectivity index is 1.85. The van der Waals surface area contributed by atoms with E-state index in [9.17, 15) is 13.2 Å². The molecule has 27 heavy (non-hydrogen) atoms. The first kappa shape index (κ1) is 18.9. The molecule has 2 aromatic carbocycles. The van der Waals surface area contributed by atoms with Crippen LogP contribution in [0.25, 0.3) is 11.5 Å². The number of thioether (sulfide) groups is 1. The number of anilines is 1. The summed E-state index contributed by atoms with van der Waals surface area (Å²) in [6, 6.07) is 13.1. The van der Waals surface area contributed by atoms with Crippen molar-refractivity contribution in [3.05, 3.63) is 54.1 Å². The number of sulfonamides is 1. The first-order valence-electron chi connectivity index (χ1n) is 7.72. The van der Waals surface area contributed by atoms with E-state index in [4.69, 9.17) is 9.52 Å². The van der Waals surface area contributed by atoms with Crippen molar-refractivity contribution in [1.29, 1.82) is 0 Å². The molecule has 0 aliphatic rings. The lowest BCUT2D eigenvalue weighted by Gasteiger charge is -2.10. The van der Waals surface area contributed by atoms with Crippen LogP contribution < -0.4 is 4.72 Å². The van der Waals surface area contributed by atoms with Crippen LogP contribution in [0.2, 0.25) is 0 Å². The molecular weight excluding hydrogens is 390 g/mol. The number of benzene rings is 2. The van der Waals surface area contributed by atoms with Gasteiger partial charge < -0.3 is 9.52 Å². The van der Waals surface area contributed by atoms with Crippen molar-refractivity contribution in [1.82, 2.24) is 10.2 Å². The zero-order chi connectivity index (χ0) is 19.4. The number of nitrogens with one attached hydrogen (secondary N) is 1. The monoisotopic (exact) mass is 405 g/mol. The van der Waals surface area contributed by atoms with E-state index < -0.39 is 16.0 Å². The SMILES string of the molecule is Cc1ccccc1NS(=O)(=O)c1cccc(-c2nnc(SCC(=O)O)o2)c1. The van der Waals surface area contributed by atoms with Gasteiger partial charge in [0.2, 0.25) is 5.89 Å². The van der Waals surface area contributed by atoms with Gasteiger partial charge in [0.25, 0.3) is 15.2 Å². The molecule has 140 valence electrons. The van der Waals surface area contributed by atoms with Gasteiger partial charge in [0.1, 0.15) is 5.75 Å². The van der Waals surface area contributed by atoms with E-state index in [1.807, 2.05) is 19.1 Å². The molecule has 0 atom stereocenters. The molecule has 1 heterocycles. The second-order valence-corrected chi connectivity index (χ2v) is 8.11. The van der Waals surface area contributed by atoms with Crippen LogP contribution in [0.1, 0.15) is 5.56 Å². The molecule has 3 aromatic rings. The van der Waals surface area contributed by atoms with Gasteiger partial charge in [-0.1, -0.05) is 36.0 Å². The number of rotatable bonds is 7. The van der Waals surface area contributed by atoms with E-state index >= 15 is 0 Å². The standard InChI is InChI=1S/C17H15N3O5S2/c1-11-5-2-3-8-14(11)20-27(23,24)13-7-4-6-12(9-13)16-18-19-17(25-16)26-10-15(21)22/h2-9,20H,10H2,1H3,(H,21,22). The molecule has 0 fully saturated rings. The highest BCUT2D eigenvalue weighted by Gasteiger charge is 2.18. The summed E-state index contributed by atoms with van der Waals surface area (Å²) in [4.78, 5) is 10.6. The fourth-order valence-corrected chi connectivity index (χ4v) is 3.86. The number of para-hydroxylation sites is 1. The second-order valence-electron chi connectivity index (χ2n) is 5.50. The molecule has 3 rings (SSSR count). The zero-order valence-corrected chi connectivity index (χ0v) is 15.8.